The maximum absolute atomic E-state index is 11.0. The second kappa shape index (κ2) is 5.36. The van der Waals surface area contributed by atoms with Crippen molar-refractivity contribution in [3.63, 3.8) is 0 Å². The van der Waals surface area contributed by atoms with Crippen molar-refractivity contribution in [2.75, 3.05) is 6.61 Å². The first-order valence-corrected chi connectivity index (χ1v) is 4.43. The molecular formula is C11H13O2. The number of benzene rings is 1. The van der Waals surface area contributed by atoms with Gasteiger partial charge in [-0.25, -0.2) is 0 Å². The van der Waals surface area contributed by atoms with E-state index in [0.717, 1.165) is 12.0 Å². The number of aryl methyl sites for hydroxylation is 1. The third-order valence-electron chi connectivity index (χ3n) is 1.71. The van der Waals surface area contributed by atoms with Gasteiger partial charge in [0.25, 0.3) is 0 Å². The zero-order valence-electron chi connectivity index (χ0n) is 7.75. The molecule has 1 aromatic rings. The molecule has 0 aromatic heterocycles. The first-order valence-electron chi connectivity index (χ1n) is 4.43. The average Bonchev–Trinajstić information content (AvgIpc) is 2.17. The van der Waals surface area contributed by atoms with Crippen LogP contribution in [-0.2, 0) is 16.0 Å². The van der Waals surface area contributed by atoms with E-state index < -0.39 is 0 Å². The lowest BCUT2D eigenvalue weighted by molar-refractivity contribution is -0.143. The number of carbonyl (C=O) groups is 1. The minimum atomic E-state index is -0.129. The predicted octanol–water partition coefficient (Wildman–Crippen LogP) is 1.98. The van der Waals surface area contributed by atoms with E-state index in [4.69, 9.17) is 4.74 Å². The molecule has 1 radical (unpaired) electrons. The van der Waals surface area contributed by atoms with Crippen molar-refractivity contribution in [3.05, 3.63) is 35.9 Å². The number of rotatable bonds is 4. The molecular weight excluding hydrogens is 164 g/mol. The van der Waals surface area contributed by atoms with E-state index >= 15 is 0 Å². The lowest BCUT2D eigenvalue weighted by atomic mass is 10.1. The van der Waals surface area contributed by atoms with Crippen LogP contribution in [0.15, 0.2) is 24.3 Å². The van der Waals surface area contributed by atoms with E-state index in [1.165, 1.54) is 0 Å². The fourth-order valence-corrected chi connectivity index (χ4v) is 1.07. The van der Waals surface area contributed by atoms with Crippen molar-refractivity contribution in [1.82, 2.24) is 0 Å². The normalized spacial score (nSPS) is 9.62. The van der Waals surface area contributed by atoms with Crippen molar-refractivity contribution in [2.45, 2.75) is 19.8 Å². The zero-order chi connectivity index (χ0) is 9.52. The van der Waals surface area contributed by atoms with E-state index in [1.54, 1.807) is 0 Å². The quantitative estimate of drug-likeness (QED) is 0.657. The van der Waals surface area contributed by atoms with Gasteiger partial charge in [-0.05, 0) is 25.0 Å². The summed E-state index contributed by atoms with van der Waals surface area (Å²) in [4.78, 5) is 11.0. The molecule has 0 spiro atoms. The highest BCUT2D eigenvalue weighted by Gasteiger charge is 2.01. The Labute approximate surface area is 78.5 Å². The van der Waals surface area contributed by atoms with Crippen LogP contribution in [0.5, 0.6) is 0 Å². The van der Waals surface area contributed by atoms with Gasteiger partial charge in [-0.15, -0.1) is 0 Å². The van der Waals surface area contributed by atoms with Gasteiger partial charge in [0.2, 0.25) is 0 Å². The van der Waals surface area contributed by atoms with Gasteiger partial charge in [0.15, 0.2) is 0 Å². The molecule has 0 bridgehead atoms. The summed E-state index contributed by atoms with van der Waals surface area (Å²) in [6, 6.07) is 10.5. The molecule has 0 atom stereocenters. The van der Waals surface area contributed by atoms with Crippen LogP contribution in [0.4, 0.5) is 0 Å². The Kier molecular flexibility index (Phi) is 4.03. The molecule has 1 aromatic carbocycles. The predicted molar refractivity (Wildman–Crippen MR) is 50.2 cm³/mol. The van der Waals surface area contributed by atoms with Crippen molar-refractivity contribution < 1.29 is 9.53 Å². The van der Waals surface area contributed by atoms with E-state index in [9.17, 15) is 4.79 Å². The molecule has 2 nitrogen and oxygen atoms in total. The summed E-state index contributed by atoms with van der Waals surface area (Å²) in [5.41, 5.74) is 1.15. The molecule has 13 heavy (non-hydrogen) atoms. The van der Waals surface area contributed by atoms with Crippen molar-refractivity contribution in [2.24, 2.45) is 0 Å². The van der Waals surface area contributed by atoms with Gasteiger partial charge in [0.05, 0.1) is 6.61 Å². The van der Waals surface area contributed by atoms with Crippen LogP contribution in [-0.4, -0.2) is 12.6 Å². The Bertz CT molecular complexity index is 254. The molecule has 0 heterocycles. The van der Waals surface area contributed by atoms with Crippen molar-refractivity contribution in [1.29, 1.82) is 0 Å². The molecule has 2 heteroatoms. The fourth-order valence-electron chi connectivity index (χ4n) is 1.07. The van der Waals surface area contributed by atoms with Gasteiger partial charge >= 0.3 is 5.97 Å². The van der Waals surface area contributed by atoms with E-state index in [0.29, 0.717) is 13.0 Å². The van der Waals surface area contributed by atoms with Gasteiger partial charge in [-0.3, -0.25) is 4.79 Å². The Morgan fingerprint density at radius 3 is 2.77 bits per heavy atom. The van der Waals surface area contributed by atoms with Gasteiger partial charge < -0.3 is 4.74 Å². The smallest absolute Gasteiger partial charge is 0.306 e. The molecule has 0 fully saturated rings. The number of hydrogen-bond donors (Lipinski definition) is 0. The van der Waals surface area contributed by atoms with Crippen LogP contribution in [0.2, 0.25) is 0 Å². The molecule has 1 rings (SSSR count). The number of esters is 1. The summed E-state index contributed by atoms with van der Waals surface area (Å²) in [5, 5.41) is 0. The Morgan fingerprint density at radius 2 is 2.15 bits per heavy atom. The first kappa shape index (κ1) is 9.78. The van der Waals surface area contributed by atoms with Gasteiger partial charge in [-0.2, -0.15) is 0 Å². The molecule has 69 valence electrons. The van der Waals surface area contributed by atoms with E-state index in [-0.39, 0.29) is 5.97 Å². The lowest BCUT2D eigenvalue weighted by Gasteiger charge is -2.01. The largest absolute Gasteiger partial charge is 0.466 e. The van der Waals surface area contributed by atoms with Crippen molar-refractivity contribution in [3.8, 4) is 0 Å². The highest BCUT2D eigenvalue weighted by molar-refractivity contribution is 5.69. The second-order valence-corrected chi connectivity index (χ2v) is 2.71. The Hall–Kier alpha value is -1.31. The summed E-state index contributed by atoms with van der Waals surface area (Å²) >= 11 is 0. The van der Waals surface area contributed by atoms with Gasteiger partial charge in [0, 0.05) is 6.42 Å². The van der Waals surface area contributed by atoms with Crippen LogP contribution in [0.3, 0.4) is 0 Å². The highest BCUT2D eigenvalue weighted by Crippen LogP contribution is 2.02. The van der Waals surface area contributed by atoms with Crippen LogP contribution in [0.1, 0.15) is 18.9 Å². The number of carbonyl (C=O) groups excluding carboxylic acids is 1. The average molecular weight is 177 g/mol. The molecule has 0 saturated heterocycles. The monoisotopic (exact) mass is 177 g/mol. The molecule has 0 N–H and O–H groups in total. The maximum atomic E-state index is 11.0. The van der Waals surface area contributed by atoms with Crippen molar-refractivity contribution >= 4 is 5.97 Å². The minimum absolute atomic E-state index is 0.129. The lowest BCUT2D eigenvalue weighted by Crippen LogP contribution is -2.04. The summed E-state index contributed by atoms with van der Waals surface area (Å²) < 4.78 is 4.82. The maximum Gasteiger partial charge on any atom is 0.306 e. The summed E-state index contributed by atoms with van der Waals surface area (Å²) in [6.07, 6.45) is 1.20. The number of hydrogen-bond acceptors (Lipinski definition) is 2. The SMILES string of the molecule is CCOC(=O)CCc1cc[c]cc1. The second-order valence-electron chi connectivity index (χ2n) is 2.71. The molecule has 0 amide bonds. The van der Waals surface area contributed by atoms with Crippen LogP contribution >= 0.6 is 0 Å². The molecule has 0 aliphatic rings. The summed E-state index contributed by atoms with van der Waals surface area (Å²) in [5.74, 6) is -0.129. The van der Waals surface area contributed by atoms with E-state index in [1.807, 2.05) is 31.2 Å². The third-order valence-corrected chi connectivity index (χ3v) is 1.71. The number of ether oxygens (including phenoxy) is 1. The van der Waals surface area contributed by atoms with Crippen LogP contribution < -0.4 is 0 Å². The standard InChI is InChI=1S/C11H13O2/c1-2-13-11(12)9-8-10-6-4-3-5-7-10/h4-7H,2,8-9H2,1H3. The highest BCUT2D eigenvalue weighted by atomic mass is 16.5. The van der Waals surface area contributed by atoms with Crippen LogP contribution in [0.25, 0.3) is 0 Å². The fraction of sp³-hybridized carbons (Fsp3) is 0.364. The Morgan fingerprint density at radius 1 is 1.46 bits per heavy atom. The summed E-state index contributed by atoms with van der Waals surface area (Å²) in [7, 11) is 0. The van der Waals surface area contributed by atoms with Gasteiger partial charge in [-0.1, -0.05) is 24.3 Å². The molecule has 0 unspecified atom stereocenters. The minimum Gasteiger partial charge on any atom is -0.466 e. The molecule has 0 aliphatic carbocycles. The molecule has 0 aliphatic heterocycles. The topological polar surface area (TPSA) is 26.3 Å². The molecule has 0 saturated carbocycles. The van der Waals surface area contributed by atoms with E-state index in [2.05, 4.69) is 6.07 Å². The zero-order valence-corrected chi connectivity index (χ0v) is 7.75. The summed E-state index contributed by atoms with van der Waals surface area (Å²) in [6.45, 7) is 2.27. The first-order chi connectivity index (χ1) is 6.33. The Balaban J connectivity index is 2.31. The van der Waals surface area contributed by atoms with Gasteiger partial charge in [0.1, 0.15) is 0 Å². The van der Waals surface area contributed by atoms with Crippen LogP contribution in [0, 0.1) is 6.07 Å². The third kappa shape index (κ3) is 3.74.